The molecule has 1 aliphatic rings. The highest BCUT2D eigenvalue weighted by Gasteiger charge is 2.31. The van der Waals surface area contributed by atoms with Crippen LogP contribution in [-0.4, -0.2) is 46.5 Å². The topological polar surface area (TPSA) is 57.6 Å². The molecule has 1 atom stereocenters. The van der Waals surface area contributed by atoms with Gasteiger partial charge in [-0.25, -0.2) is 4.79 Å². The average Bonchev–Trinajstić information content (AvgIpc) is 2.29. The second kappa shape index (κ2) is 6.78. The van der Waals surface area contributed by atoms with Gasteiger partial charge >= 0.3 is 5.97 Å². The summed E-state index contributed by atoms with van der Waals surface area (Å²) in [4.78, 5) is 24.4. The summed E-state index contributed by atoms with van der Waals surface area (Å²) in [5, 5.41) is 9.03. The lowest BCUT2D eigenvalue weighted by molar-refractivity contribution is -0.152. The van der Waals surface area contributed by atoms with Crippen LogP contribution >= 0.6 is 11.8 Å². The fraction of sp³-hybridized carbons (Fsp3) is 0.818. The zero-order valence-electron chi connectivity index (χ0n) is 9.65. The summed E-state index contributed by atoms with van der Waals surface area (Å²) in [5.41, 5.74) is 0. The Morgan fingerprint density at radius 2 is 2.19 bits per heavy atom. The molecule has 1 aliphatic heterocycles. The molecule has 1 rings (SSSR count). The van der Waals surface area contributed by atoms with Gasteiger partial charge in [0, 0.05) is 13.0 Å². The van der Waals surface area contributed by atoms with Crippen LogP contribution in [0, 0.1) is 0 Å². The van der Waals surface area contributed by atoms with Crippen molar-refractivity contribution < 1.29 is 14.7 Å². The van der Waals surface area contributed by atoms with Crippen LogP contribution < -0.4 is 0 Å². The largest absolute Gasteiger partial charge is 0.480 e. The molecule has 1 fully saturated rings. The molecule has 1 N–H and O–H groups in total. The maximum Gasteiger partial charge on any atom is 0.326 e. The Hall–Kier alpha value is -0.710. The van der Waals surface area contributed by atoms with Crippen LogP contribution in [-0.2, 0) is 9.59 Å². The van der Waals surface area contributed by atoms with Crippen LogP contribution in [0.1, 0.15) is 32.1 Å². The quantitative estimate of drug-likeness (QED) is 0.747. The van der Waals surface area contributed by atoms with Gasteiger partial charge in [-0.3, -0.25) is 4.79 Å². The number of aliphatic carboxylic acids is 1. The number of carbonyl (C=O) groups is 2. The predicted molar refractivity (Wildman–Crippen MR) is 64.6 cm³/mol. The second-order valence-corrected chi connectivity index (χ2v) is 5.02. The molecule has 92 valence electrons. The van der Waals surface area contributed by atoms with Gasteiger partial charge in [-0.2, -0.15) is 11.8 Å². The molecule has 0 unspecified atom stereocenters. The fourth-order valence-corrected chi connectivity index (χ4v) is 2.43. The van der Waals surface area contributed by atoms with Gasteiger partial charge in [-0.15, -0.1) is 0 Å². The lowest BCUT2D eigenvalue weighted by Crippen LogP contribution is -2.47. The first-order valence-electron chi connectivity index (χ1n) is 5.68. The molecule has 4 nitrogen and oxygen atoms in total. The van der Waals surface area contributed by atoms with E-state index in [2.05, 4.69) is 0 Å². The summed E-state index contributed by atoms with van der Waals surface area (Å²) in [7, 11) is 0. The van der Waals surface area contributed by atoms with Crippen molar-refractivity contribution in [2.45, 2.75) is 38.1 Å². The van der Waals surface area contributed by atoms with Crippen LogP contribution in [0.25, 0.3) is 0 Å². The van der Waals surface area contributed by atoms with Gasteiger partial charge in [0.15, 0.2) is 0 Å². The highest BCUT2D eigenvalue weighted by atomic mass is 32.2. The molecule has 1 amide bonds. The zero-order chi connectivity index (χ0) is 12.0. The van der Waals surface area contributed by atoms with Crippen molar-refractivity contribution in [1.29, 1.82) is 0 Å². The first-order chi connectivity index (χ1) is 7.66. The average molecular weight is 245 g/mol. The summed E-state index contributed by atoms with van der Waals surface area (Å²) >= 11 is 1.71. The van der Waals surface area contributed by atoms with Crippen LogP contribution in [0.5, 0.6) is 0 Å². The number of hydrogen-bond acceptors (Lipinski definition) is 3. The number of carboxylic acid groups (broad SMARTS) is 1. The van der Waals surface area contributed by atoms with E-state index in [9.17, 15) is 9.59 Å². The molecule has 0 aromatic rings. The maximum absolute atomic E-state index is 11.8. The van der Waals surface area contributed by atoms with E-state index in [1.807, 2.05) is 6.26 Å². The SMILES string of the molecule is CSCCCC(=O)N1CCCC[C@@H]1C(=O)O. The van der Waals surface area contributed by atoms with Gasteiger partial charge in [0.05, 0.1) is 0 Å². The van der Waals surface area contributed by atoms with Gasteiger partial charge in [-0.1, -0.05) is 0 Å². The van der Waals surface area contributed by atoms with Crippen molar-refractivity contribution in [3.63, 3.8) is 0 Å². The fourth-order valence-electron chi connectivity index (χ4n) is 2.00. The summed E-state index contributed by atoms with van der Waals surface area (Å²) in [6, 6.07) is -0.587. The standard InChI is InChI=1S/C11H19NO3S/c1-16-8-4-6-10(13)12-7-3-2-5-9(12)11(14)15/h9H,2-8H2,1H3,(H,14,15)/t9-/m1/s1. The third-order valence-electron chi connectivity index (χ3n) is 2.85. The van der Waals surface area contributed by atoms with Crippen molar-refractivity contribution in [3.05, 3.63) is 0 Å². The van der Waals surface area contributed by atoms with Gasteiger partial charge in [0.25, 0.3) is 0 Å². The molecule has 0 aromatic heterocycles. The van der Waals surface area contributed by atoms with Crippen LogP contribution in [0.4, 0.5) is 0 Å². The molecule has 0 aromatic carbocycles. The number of thioether (sulfide) groups is 1. The minimum atomic E-state index is -0.863. The summed E-state index contributed by atoms with van der Waals surface area (Å²) in [6.45, 7) is 0.606. The van der Waals surface area contributed by atoms with E-state index < -0.39 is 12.0 Å². The lowest BCUT2D eigenvalue weighted by Gasteiger charge is -2.33. The maximum atomic E-state index is 11.8. The van der Waals surface area contributed by atoms with E-state index in [1.165, 1.54) is 0 Å². The van der Waals surface area contributed by atoms with E-state index in [0.717, 1.165) is 25.0 Å². The molecule has 16 heavy (non-hydrogen) atoms. The van der Waals surface area contributed by atoms with Crippen molar-refractivity contribution in [3.8, 4) is 0 Å². The third kappa shape index (κ3) is 3.70. The van der Waals surface area contributed by atoms with Gasteiger partial charge in [0.1, 0.15) is 6.04 Å². The Morgan fingerprint density at radius 3 is 2.81 bits per heavy atom. The number of carboxylic acids is 1. The highest BCUT2D eigenvalue weighted by Crippen LogP contribution is 2.18. The number of piperidine rings is 1. The number of hydrogen-bond donors (Lipinski definition) is 1. The first-order valence-corrected chi connectivity index (χ1v) is 7.07. The lowest BCUT2D eigenvalue weighted by atomic mass is 10.0. The Morgan fingerprint density at radius 1 is 1.44 bits per heavy atom. The molecule has 0 bridgehead atoms. The minimum Gasteiger partial charge on any atom is -0.480 e. The van der Waals surface area contributed by atoms with Crippen molar-refractivity contribution in [2.75, 3.05) is 18.6 Å². The number of likely N-dealkylation sites (tertiary alicyclic amines) is 1. The Bertz CT molecular complexity index is 258. The summed E-state index contributed by atoms with van der Waals surface area (Å²) in [6.07, 6.45) is 5.76. The van der Waals surface area contributed by atoms with E-state index in [-0.39, 0.29) is 5.91 Å². The van der Waals surface area contributed by atoms with Crippen LogP contribution in [0.3, 0.4) is 0 Å². The predicted octanol–water partition coefficient (Wildman–Crippen LogP) is 1.60. The first kappa shape index (κ1) is 13.4. The molecule has 1 saturated heterocycles. The number of rotatable bonds is 5. The Balaban J connectivity index is 2.47. The van der Waals surface area contributed by atoms with Crippen LogP contribution in [0.2, 0.25) is 0 Å². The summed E-state index contributed by atoms with van der Waals surface area (Å²) in [5.74, 6) is 0.0937. The molecule has 0 radical (unpaired) electrons. The van der Waals surface area contributed by atoms with Crippen molar-refractivity contribution in [2.24, 2.45) is 0 Å². The molecule has 0 saturated carbocycles. The molecule has 1 heterocycles. The van der Waals surface area contributed by atoms with E-state index in [4.69, 9.17) is 5.11 Å². The van der Waals surface area contributed by atoms with Gasteiger partial charge in [0.2, 0.25) is 5.91 Å². The van der Waals surface area contributed by atoms with Crippen molar-refractivity contribution >= 4 is 23.6 Å². The smallest absolute Gasteiger partial charge is 0.326 e. The number of carbonyl (C=O) groups excluding carboxylic acids is 1. The zero-order valence-corrected chi connectivity index (χ0v) is 10.5. The third-order valence-corrected chi connectivity index (χ3v) is 3.54. The summed E-state index contributed by atoms with van der Waals surface area (Å²) < 4.78 is 0. The van der Waals surface area contributed by atoms with E-state index in [1.54, 1.807) is 16.7 Å². The van der Waals surface area contributed by atoms with E-state index >= 15 is 0 Å². The minimum absolute atomic E-state index is 0.00106. The second-order valence-electron chi connectivity index (χ2n) is 4.03. The molecule has 0 aliphatic carbocycles. The Labute approximate surface area is 100 Å². The normalized spacial score (nSPS) is 20.8. The highest BCUT2D eigenvalue weighted by molar-refractivity contribution is 7.98. The van der Waals surface area contributed by atoms with Gasteiger partial charge in [-0.05, 0) is 37.7 Å². The molecule has 5 heteroatoms. The van der Waals surface area contributed by atoms with Crippen molar-refractivity contribution in [1.82, 2.24) is 4.90 Å². The molecule has 0 spiro atoms. The Kier molecular flexibility index (Phi) is 5.66. The number of amides is 1. The van der Waals surface area contributed by atoms with Crippen LogP contribution in [0.15, 0.2) is 0 Å². The monoisotopic (exact) mass is 245 g/mol. The van der Waals surface area contributed by atoms with E-state index in [0.29, 0.717) is 19.4 Å². The molecular formula is C11H19NO3S. The molecular weight excluding hydrogens is 226 g/mol. The van der Waals surface area contributed by atoms with Gasteiger partial charge < -0.3 is 10.0 Å². The number of nitrogens with zero attached hydrogens (tertiary/aromatic N) is 1.